The quantitative estimate of drug-likeness (QED) is 0.558. The summed E-state index contributed by atoms with van der Waals surface area (Å²) in [5.41, 5.74) is 2.32. The molecular formula is C22H16O2S. The van der Waals surface area contributed by atoms with Crippen molar-refractivity contribution in [1.82, 2.24) is 0 Å². The lowest BCUT2D eigenvalue weighted by molar-refractivity contribution is 0.482. The number of hydrogen-bond acceptors (Lipinski definition) is 3. The SMILES string of the molecule is O=c1c(C(c2ccccc2)c2ccccc2)c(O)sc2ccccc12. The van der Waals surface area contributed by atoms with E-state index < -0.39 is 0 Å². The van der Waals surface area contributed by atoms with Crippen molar-refractivity contribution in [1.29, 1.82) is 0 Å². The first kappa shape index (κ1) is 15.6. The molecule has 1 N–H and O–H groups in total. The van der Waals surface area contributed by atoms with Crippen LogP contribution in [0.2, 0.25) is 0 Å². The van der Waals surface area contributed by atoms with Gasteiger partial charge in [-0.3, -0.25) is 4.79 Å². The van der Waals surface area contributed by atoms with Crippen molar-refractivity contribution < 1.29 is 5.11 Å². The zero-order chi connectivity index (χ0) is 17.2. The lowest BCUT2D eigenvalue weighted by Crippen LogP contribution is -2.15. The minimum Gasteiger partial charge on any atom is -0.499 e. The summed E-state index contributed by atoms with van der Waals surface area (Å²) < 4.78 is 0.800. The summed E-state index contributed by atoms with van der Waals surface area (Å²) in [7, 11) is 0. The molecule has 3 aromatic carbocycles. The molecule has 2 nitrogen and oxygen atoms in total. The first-order chi connectivity index (χ1) is 12.3. The molecule has 0 bridgehead atoms. The molecule has 1 heterocycles. The summed E-state index contributed by atoms with van der Waals surface area (Å²) in [4.78, 5) is 13.2. The third-order valence-corrected chi connectivity index (χ3v) is 5.36. The highest BCUT2D eigenvalue weighted by Gasteiger charge is 2.24. The Bertz CT molecular complexity index is 1030. The molecule has 0 radical (unpaired) electrons. The monoisotopic (exact) mass is 344 g/mol. The normalized spacial score (nSPS) is 11.1. The second-order valence-electron chi connectivity index (χ2n) is 5.90. The van der Waals surface area contributed by atoms with E-state index in [-0.39, 0.29) is 16.4 Å². The van der Waals surface area contributed by atoms with E-state index in [9.17, 15) is 9.90 Å². The Morgan fingerprint density at radius 1 is 0.720 bits per heavy atom. The Balaban J connectivity index is 2.04. The summed E-state index contributed by atoms with van der Waals surface area (Å²) >= 11 is 1.26. The predicted molar refractivity (Wildman–Crippen MR) is 104 cm³/mol. The molecule has 0 unspecified atom stereocenters. The van der Waals surface area contributed by atoms with Crippen LogP contribution < -0.4 is 5.43 Å². The maximum Gasteiger partial charge on any atom is 0.195 e. The van der Waals surface area contributed by atoms with Crippen LogP contribution in [0.1, 0.15) is 22.6 Å². The van der Waals surface area contributed by atoms with Gasteiger partial charge in [0.2, 0.25) is 0 Å². The van der Waals surface area contributed by atoms with Gasteiger partial charge in [0.25, 0.3) is 0 Å². The van der Waals surface area contributed by atoms with Crippen molar-refractivity contribution in [2.24, 2.45) is 0 Å². The molecule has 1 aromatic heterocycles. The minimum atomic E-state index is -0.296. The molecule has 0 fully saturated rings. The van der Waals surface area contributed by atoms with Gasteiger partial charge in [-0.1, -0.05) is 84.1 Å². The van der Waals surface area contributed by atoms with Gasteiger partial charge in [0.15, 0.2) is 10.5 Å². The largest absolute Gasteiger partial charge is 0.499 e. The molecule has 122 valence electrons. The van der Waals surface area contributed by atoms with Gasteiger partial charge in [-0.15, -0.1) is 0 Å². The van der Waals surface area contributed by atoms with Gasteiger partial charge in [-0.25, -0.2) is 0 Å². The lowest BCUT2D eigenvalue weighted by atomic mass is 9.85. The van der Waals surface area contributed by atoms with Crippen LogP contribution >= 0.6 is 11.3 Å². The zero-order valence-corrected chi connectivity index (χ0v) is 14.2. The number of rotatable bonds is 3. The molecule has 0 saturated heterocycles. The number of benzene rings is 3. The summed E-state index contributed by atoms with van der Waals surface area (Å²) in [6.45, 7) is 0. The van der Waals surface area contributed by atoms with Crippen LogP contribution in [0.25, 0.3) is 10.1 Å². The fraction of sp³-hybridized carbons (Fsp3) is 0.0455. The van der Waals surface area contributed by atoms with Crippen molar-refractivity contribution >= 4 is 21.4 Å². The minimum absolute atomic E-state index is 0.0846. The average molecular weight is 344 g/mol. The number of hydrogen-bond donors (Lipinski definition) is 1. The van der Waals surface area contributed by atoms with Gasteiger partial charge in [-0.05, 0) is 23.3 Å². The smallest absolute Gasteiger partial charge is 0.195 e. The molecule has 4 rings (SSSR count). The van der Waals surface area contributed by atoms with Crippen LogP contribution in [0.15, 0.2) is 89.7 Å². The molecule has 0 aliphatic heterocycles. The van der Waals surface area contributed by atoms with E-state index in [1.807, 2.05) is 84.9 Å². The molecule has 0 amide bonds. The molecule has 0 aliphatic carbocycles. The second kappa shape index (κ2) is 6.54. The van der Waals surface area contributed by atoms with E-state index >= 15 is 0 Å². The fourth-order valence-electron chi connectivity index (χ4n) is 3.22. The Morgan fingerprint density at radius 2 is 1.24 bits per heavy atom. The van der Waals surface area contributed by atoms with Crippen LogP contribution in [-0.4, -0.2) is 5.11 Å². The molecule has 0 spiro atoms. The van der Waals surface area contributed by atoms with E-state index in [2.05, 4.69) is 0 Å². The van der Waals surface area contributed by atoms with Crippen molar-refractivity contribution in [2.45, 2.75) is 5.92 Å². The zero-order valence-electron chi connectivity index (χ0n) is 13.4. The number of aromatic hydroxyl groups is 1. The van der Waals surface area contributed by atoms with Crippen LogP contribution in [0.4, 0.5) is 0 Å². The van der Waals surface area contributed by atoms with Gasteiger partial charge in [-0.2, -0.15) is 0 Å². The summed E-state index contributed by atoms with van der Waals surface area (Å²) in [6, 6.07) is 27.1. The Kier molecular flexibility index (Phi) is 4.08. The summed E-state index contributed by atoms with van der Waals surface area (Å²) in [6.07, 6.45) is 0. The number of fused-ring (bicyclic) bond motifs is 1. The van der Waals surface area contributed by atoms with E-state index in [0.717, 1.165) is 15.8 Å². The van der Waals surface area contributed by atoms with E-state index in [1.165, 1.54) is 11.3 Å². The Morgan fingerprint density at radius 3 is 1.84 bits per heavy atom. The van der Waals surface area contributed by atoms with Crippen molar-refractivity contribution in [3.05, 3.63) is 112 Å². The highest BCUT2D eigenvalue weighted by molar-refractivity contribution is 7.20. The van der Waals surface area contributed by atoms with Crippen molar-refractivity contribution in [3.63, 3.8) is 0 Å². The first-order valence-corrected chi connectivity index (χ1v) is 8.92. The van der Waals surface area contributed by atoms with Gasteiger partial charge >= 0.3 is 0 Å². The van der Waals surface area contributed by atoms with Crippen LogP contribution in [0, 0.1) is 0 Å². The van der Waals surface area contributed by atoms with Gasteiger partial charge in [0, 0.05) is 16.0 Å². The first-order valence-electron chi connectivity index (χ1n) is 8.10. The molecule has 0 saturated carbocycles. The summed E-state index contributed by atoms with van der Waals surface area (Å²) in [5.74, 6) is -0.296. The summed E-state index contributed by atoms with van der Waals surface area (Å²) in [5, 5.41) is 11.4. The maximum atomic E-state index is 13.2. The third kappa shape index (κ3) is 2.83. The van der Waals surface area contributed by atoms with Crippen LogP contribution in [0.5, 0.6) is 5.06 Å². The average Bonchev–Trinajstić information content (AvgIpc) is 2.66. The molecule has 3 heteroatoms. The molecule has 0 atom stereocenters. The van der Waals surface area contributed by atoms with Gasteiger partial charge in [0.1, 0.15) is 0 Å². The molecular weight excluding hydrogens is 328 g/mol. The van der Waals surface area contributed by atoms with Crippen molar-refractivity contribution in [3.8, 4) is 5.06 Å². The highest BCUT2D eigenvalue weighted by atomic mass is 32.1. The molecule has 4 aromatic rings. The van der Waals surface area contributed by atoms with Crippen molar-refractivity contribution in [2.75, 3.05) is 0 Å². The molecule has 25 heavy (non-hydrogen) atoms. The lowest BCUT2D eigenvalue weighted by Gasteiger charge is -2.19. The second-order valence-corrected chi connectivity index (χ2v) is 6.93. The molecule has 0 aliphatic rings. The van der Waals surface area contributed by atoms with Gasteiger partial charge in [0.05, 0.1) is 5.56 Å². The highest BCUT2D eigenvalue weighted by Crippen LogP contribution is 2.38. The van der Waals surface area contributed by atoms with Crippen LogP contribution in [-0.2, 0) is 0 Å². The van der Waals surface area contributed by atoms with E-state index in [0.29, 0.717) is 10.9 Å². The van der Waals surface area contributed by atoms with E-state index in [1.54, 1.807) is 0 Å². The van der Waals surface area contributed by atoms with Crippen LogP contribution in [0.3, 0.4) is 0 Å². The Hall–Kier alpha value is -2.91. The maximum absolute atomic E-state index is 13.2. The predicted octanol–water partition coefficient (Wildman–Crippen LogP) is 5.15. The van der Waals surface area contributed by atoms with E-state index in [4.69, 9.17) is 0 Å². The Labute approximate surface area is 149 Å². The van der Waals surface area contributed by atoms with Gasteiger partial charge < -0.3 is 5.11 Å². The third-order valence-electron chi connectivity index (χ3n) is 4.37. The standard InChI is InChI=1S/C22H16O2S/c23-21-17-13-7-8-14-18(17)25-22(24)20(21)19(15-9-3-1-4-10-15)16-11-5-2-6-12-16/h1-14,19,24H. The topological polar surface area (TPSA) is 37.3 Å². The fourth-order valence-corrected chi connectivity index (χ4v) is 4.16.